The smallest absolute Gasteiger partial charge is 0.134 e. The van der Waals surface area contributed by atoms with E-state index in [-0.39, 0.29) is 12.5 Å². The molecule has 0 saturated heterocycles. The average Bonchev–Trinajstić information content (AvgIpc) is 2.24. The van der Waals surface area contributed by atoms with Crippen molar-refractivity contribution in [3.63, 3.8) is 0 Å². The minimum absolute atomic E-state index is 0.122. The molecule has 0 aliphatic rings. The van der Waals surface area contributed by atoms with Gasteiger partial charge in [-0.1, -0.05) is 13.8 Å². The summed E-state index contributed by atoms with van der Waals surface area (Å²) in [6, 6.07) is 2.19. The zero-order chi connectivity index (χ0) is 13.0. The molecule has 0 amide bonds. The van der Waals surface area contributed by atoms with Crippen molar-refractivity contribution >= 4 is 21.7 Å². The van der Waals surface area contributed by atoms with Crippen LogP contribution in [0.4, 0.5) is 5.82 Å². The molecule has 5 heteroatoms. The molecule has 0 atom stereocenters. The Morgan fingerprint density at radius 2 is 1.94 bits per heavy atom. The first-order valence-electron chi connectivity index (χ1n) is 5.87. The second kappa shape index (κ2) is 6.31. The molecule has 1 aromatic heterocycles. The monoisotopic (exact) mass is 301 g/mol. The standard InChI is InChI=1S/C12H20BrN3O/c1-8(2)12-14-10(13)7-11(15-12)16(5-6-17)9(3)4/h7-9,17H,5-6H2,1-4H3. The van der Waals surface area contributed by atoms with Gasteiger partial charge in [-0.05, 0) is 29.8 Å². The maximum absolute atomic E-state index is 9.10. The van der Waals surface area contributed by atoms with Gasteiger partial charge in [0.05, 0.1) is 6.61 Å². The largest absolute Gasteiger partial charge is 0.395 e. The summed E-state index contributed by atoms with van der Waals surface area (Å²) in [6.45, 7) is 9.01. The summed E-state index contributed by atoms with van der Waals surface area (Å²) in [5, 5.41) is 9.10. The minimum atomic E-state index is 0.122. The number of rotatable bonds is 5. The van der Waals surface area contributed by atoms with Gasteiger partial charge in [0.25, 0.3) is 0 Å². The highest BCUT2D eigenvalue weighted by Gasteiger charge is 2.14. The van der Waals surface area contributed by atoms with Crippen molar-refractivity contribution in [2.75, 3.05) is 18.1 Å². The van der Waals surface area contributed by atoms with E-state index in [0.29, 0.717) is 12.6 Å². The molecule has 0 bridgehead atoms. The quantitative estimate of drug-likeness (QED) is 0.849. The highest BCUT2D eigenvalue weighted by atomic mass is 79.9. The molecule has 1 N–H and O–H groups in total. The summed E-state index contributed by atoms with van der Waals surface area (Å²) in [7, 11) is 0. The second-order valence-electron chi connectivity index (χ2n) is 4.57. The van der Waals surface area contributed by atoms with Gasteiger partial charge in [-0.25, -0.2) is 9.97 Å². The van der Waals surface area contributed by atoms with Gasteiger partial charge < -0.3 is 10.0 Å². The number of nitrogens with zero attached hydrogens (tertiary/aromatic N) is 3. The zero-order valence-corrected chi connectivity index (χ0v) is 12.4. The first kappa shape index (κ1) is 14.4. The predicted octanol–water partition coefficient (Wildman–Crippen LogP) is 2.57. The van der Waals surface area contributed by atoms with E-state index in [9.17, 15) is 0 Å². The van der Waals surface area contributed by atoms with E-state index >= 15 is 0 Å². The first-order chi connectivity index (χ1) is 7.95. The fraction of sp³-hybridized carbons (Fsp3) is 0.667. The maximum Gasteiger partial charge on any atom is 0.134 e. The molecule has 0 saturated carbocycles. The highest BCUT2D eigenvalue weighted by molar-refractivity contribution is 9.10. The van der Waals surface area contributed by atoms with Crippen LogP contribution < -0.4 is 4.90 Å². The summed E-state index contributed by atoms with van der Waals surface area (Å²) in [5.41, 5.74) is 0. The lowest BCUT2D eigenvalue weighted by atomic mass is 10.2. The van der Waals surface area contributed by atoms with Crippen molar-refractivity contribution < 1.29 is 5.11 Å². The van der Waals surface area contributed by atoms with Crippen molar-refractivity contribution in [1.82, 2.24) is 9.97 Å². The van der Waals surface area contributed by atoms with Gasteiger partial charge in [0.2, 0.25) is 0 Å². The summed E-state index contributed by atoms with van der Waals surface area (Å²) in [4.78, 5) is 11.0. The Balaban J connectivity index is 3.10. The van der Waals surface area contributed by atoms with Gasteiger partial charge >= 0.3 is 0 Å². The van der Waals surface area contributed by atoms with Gasteiger partial charge in [0.1, 0.15) is 16.2 Å². The molecule has 4 nitrogen and oxygen atoms in total. The lowest BCUT2D eigenvalue weighted by Crippen LogP contribution is -2.34. The van der Waals surface area contributed by atoms with E-state index in [4.69, 9.17) is 5.11 Å². The number of anilines is 1. The fourth-order valence-electron chi connectivity index (χ4n) is 1.57. The SMILES string of the molecule is CC(C)c1nc(Br)cc(N(CCO)C(C)C)n1. The molecule has 0 aliphatic heterocycles. The molecule has 1 heterocycles. The van der Waals surface area contributed by atoms with Crippen LogP contribution in [-0.2, 0) is 0 Å². The topological polar surface area (TPSA) is 49.2 Å². The van der Waals surface area contributed by atoms with E-state index in [1.807, 2.05) is 6.07 Å². The Bertz CT molecular complexity index is 369. The third-order valence-electron chi connectivity index (χ3n) is 2.47. The number of hydrogen-bond donors (Lipinski definition) is 1. The lowest BCUT2D eigenvalue weighted by molar-refractivity contribution is 0.298. The van der Waals surface area contributed by atoms with E-state index in [1.165, 1.54) is 0 Å². The number of halogens is 1. The Labute approximate surface area is 111 Å². The Kier molecular flexibility index (Phi) is 5.33. The second-order valence-corrected chi connectivity index (χ2v) is 5.38. The molecular formula is C12H20BrN3O. The van der Waals surface area contributed by atoms with Gasteiger partial charge in [-0.2, -0.15) is 0 Å². The van der Waals surface area contributed by atoms with E-state index in [2.05, 4.69) is 58.5 Å². The fourth-order valence-corrected chi connectivity index (χ4v) is 1.96. The third-order valence-corrected chi connectivity index (χ3v) is 2.88. The molecular weight excluding hydrogens is 282 g/mol. The average molecular weight is 302 g/mol. The number of aliphatic hydroxyl groups is 1. The van der Waals surface area contributed by atoms with E-state index in [1.54, 1.807) is 0 Å². The molecule has 1 rings (SSSR count). The number of aliphatic hydroxyl groups excluding tert-OH is 1. The van der Waals surface area contributed by atoms with Crippen LogP contribution in [0.5, 0.6) is 0 Å². The molecule has 0 fully saturated rings. The van der Waals surface area contributed by atoms with E-state index < -0.39 is 0 Å². The minimum Gasteiger partial charge on any atom is -0.395 e. The Hall–Kier alpha value is -0.680. The molecule has 96 valence electrons. The van der Waals surface area contributed by atoms with Crippen LogP contribution in [0.2, 0.25) is 0 Å². The Morgan fingerprint density at radius 3 is 2.41 bits per heavy atom. The number of hydrogen-bond acceptors (Lipinski definition) is 4. The Morgan fingerprint density at radius 1 is 1.29 bits per heavy atom. The molecule has 0 unspecified atom stereocenters. The van der Waals surface area contributed by atoms with Crippen molar-refractivity contribution in [3.8, 4) is 0 Å². The van der Waals surface area contributed by atoms with Crippen LogP contribution in [0.3, 0.4) is 0 Å². The van der Waals surface area contributed by atoms with Crippen LogP contribution in [0.15, 0.2) is 10.7 Å². The van der Waals surface area contributed by atoms with Crippen LogP contribution in [0, 0.1) is 0 Å². The molecule has 0 spiro atoms. The zero-order valence-electron chi connectivity index (χ0n) is 10.8. The molecule has 0 aliphatic carbocycles. The van der Waals surface area contributed by atoms with E-state index in [0.717, 1.165) is 16.2 Å². The summed E-state index contributed by atoms with van der Waals surface area (Å²) >= 11 is 3.41. The van der Waals surface area contributed by atoms with Crippen LogP contribution in [0.1, 0.15) is 39.4 Å². The van der Waals surface area contributed by atoms with Gasteiger partial charge in [0, 0.05) is 24.6 Å². The van der Waals surface area contributed by atoms with Gasteiger partial charge in [0.15, 0.2) is 0 Å². The van der Waals surface area contributed by atoms with Crippen molar-refractivity contribution in [1.29, 1.82) is 0 Å². The molecule has 0 radical (unpaired) electrons. The summed E-state index contributed by atoms with van der Waals surface area (Å²) in [5.74, 6) is 1.96. The van der Waals surface area contributed by atoms with Crippen molar-refractivity contribution in [3.05, 3.63) is 16.5 Å². The normalized spacial score (nSPS) is 11.3. The van der Waals surface area contributed by atoms with Gasteiger partial charge in [-0.3, -0.25) is 0 Å². The van der Waals surface area contributed by atoms with Crippen molar-refractivity contribution in [2.24, 2.45) is 0 Å². The van der Waals surface area contributed by atoms with Gasteiger partial charge in [-0.15, -0.1) is 0 Å². The highest BCUT2D eigenvalue weighted by Crippen LogP contribution is 2.21. The van der Waals surface area contributed by atoms with Crippen LogP contribution in [-0.4, -0.2) is 34.3 Å². The van der Waals surface area contributed by atoms with Crippen LogP contribution >= 0.6 is 15.9 Å². The maximum atomic E-state index is 9.10. The third kappa shape index (κ3) is 3.92. The molecule has 17 heavy (non-hydrogen) atoms. The molecule has 0 aromatic carbocycles. The number of aromatic nitrogens is 2. The first-order valence-corrected chi connectivity index (χ1v) is 6.67. The molecule has 1 aromatic rings. The predicted molar refractivity (Wildman–Crippen MR) is 73.4 cm³/mol. The van der Waals surface area contributed by atoms with Crippen molar-refractivity contribution in [2.45, 2.75) is 39.7 Å². The summed E-state index contributed by atoms with van der Waals surface area (Å²) < 4.78 is 0.787. The lowest BCUT2D eigenvalue weighted by Gasteiger charge is -2.27. The van der Waals surface area contributed by atoms with Crippen LogP contribution in [0.25, 0.3) is 0 Å². The summed E-state index contributed by atoms with van der Waals surface area (Å²) in [6.07, 6.45) is 0.